The van der Waals surface area contributed by atoms with Gasteiger partial charge in [-0.1, -0.05) is 47.4 Å². The van der Waals surface area contributed by atoms with Gasteiger partial charge in [0.05, 0.1) is 5.56 Å². The average molecular weight is 414 g/mol. The van der Waals surface area contributed by atoms with Crippen molar-refractivity contribution in [1.82, 2.24) is 0 Å². The molecule has 0 heterocycles. The third kappa shape index (κ3) is 4.44. The molecule has 0 radical (unpaired) electrons. The SMILES string of the molecule is Cc1ccc(C#Cc2ccc(C#Cc3ccc4c(F)c(F)c(F)cc4c3)c(F)c2)cc1. The summed E-state index contributed by atoms with van der Waals surface area (Å²) in [5.41, 5.74) is 3.06. The fraction of sp³-hybridized carbons (Fsp3) is 0.0370. The summed E-state index contributed by atoms with van der Waals surface area (Å²) in [7, 11) is 0. The Morgan fingerprint density at radius 1 is 0.548 bits per heavy atom. The highest BCUT2D eigenvalue weighted by atomic mass is 19.2. The minimum atomic E-state index is -1.51. The second kappa shape index (κ2) is 8.38. The van der Waals surface area contributed by atoms with Gasteiger partial charge in [-0.05, 0) is 60.8 Å². The Kier molecular flexibility index (Phi) is 5.48. The zero-order valence-electron chi connectivity index (χ0n) is 16.4. The fourth-order valence-corrected chi connectivity index (χ4v) is 3.00. The molecule has 150 valence electrons. The van der Waals surface area contributed by atoms with Crippen molar-refractivity contribution in [2.45, 2.75) is 6.92 Å². The van der Waals surface area contributed by atoms with E-state index in [-0.39, 0.29) is 16.3 Å². The lowest BCUT2D eigenvalue weighted by molar-refractivity contribution is 0.453. The monoisotopic (exact) mass is 414 g/mol. The lowest BCUT2D eigenvalue weighted by atomic mass is 10.1. The summed E-state index contributed by atoms with van der Waals surface area (Å²) in [5.74, 6) is 6.81. The van der Waals surface area contributed by atoms with Crippen LogP contribution in [0.25, 0.3) is 10.8 Å². The van der Waals surface area contributed by atoms with Crippen molar-refractivity contribution in [2.75, 3.05) is 0 Å². The van der Waals surface area contributed by atoms with Gasteiger partial charge in [-0.3, -0.25) is 0 Å². The van der Waals surface area contributed by atoms with Crippen LogP contribution in [0.4, 0.5) is 17.6 Å². The molecule has 0 atom stereocenters. The normalized spacial score (nSPS) is 10.2. The van der Waals surface area contributed by atoms with Gasteiger partial charge in [-0.25, -0.2) is 17.6 Å². The van der Waals surface area contributed by atoms with Crippen LogP contribution >= 0.6 is 0 Å². The predicted octanol–water partition coefficient (Wildman–Crippen LogP) is 6.50. The van der Waals surface area contributed by atoms with Crippen LogP contribution in [0.5, 0.6) is 0 Å². The smallest absolute Gasteiger partial charge is 0.195 e. The van der Waals surface area contributed by atoms with Crippen molar-refractivity contribution in [3.8, 4) is 23.7 Å². The molecule has 0 nitrogen and oxygen atoms in total. The van der Waals surface area contributed by atoms with E-state index in [9.17, 15) is 17.6 Å². The van der Waals surface area contributed by atoms with Crippen LogP contribution in [0.1, 0.15) is 27.8 Å². The molecule has 0 saturated heterocycles. The minimum Gasteiger partial charge on any atom is -0.206 e. The maximum absolute atomic E-state index is 14.4. The Morgan fingerprint density at radius 2 is 1.16 bits per heavy atom. The van der Waals surface area contributed by atoms with Gasteiger partial charge in [0.25, 0.3) is 0 Å². The molecule has 0 amide bonds. The Bertz CT molecular complexity index is 1430. The van der Waals surface area contributed by atoms with Crippen LogP contribution in [-0.4, -0.2) is 0 Å². The summed E-state index contributed by atoms with van der Waals surface area (Å²) in [6.45, 7) is 1.99. The number of rotatable bonds is 0. The van der Waals surface area contributed by atoms with Gasteiger partial charge < -0.3 is 0 Å². The topological polar surface area (TPSA) is 0 Å². The van der Waals surface area contributed by atoms with Gasteiger partial charge in [-0.2, -0.15) is 0 Å². The summed E-state index contributed by atoms with van der Waals surface area (Å²) in [4.78, 5) is 0. The summed E-state index contributed by atoms with van der Waals surface area (Å²) >= 11 is 0. The Labute approximate surface area is 177 Å². The molecule has 0 aliphatic rings. The molecule has 0 bridgehead atoms. The van der Waals surface area contributed by atoms with Gasteiger partial charge in [0.1, 0.15) is 5.82 Å². The first-order chi connectivity index (χ1) is 14.9. The Balaban J connectivity index is 1.60. The molecular formula is C27H14F4. The van der Waals surface area contributed by atoms with Crippen LogP contribution in [0, 0.1) is 53.9 Å². The number of fused-ring (bicyclic) bond motifs is 1. The third-order valence-corrected chi connectivity index (χ3v) is 4.69. The van der Waals surface area contributed by atoms with Crippen molar-refractivity contribution >= 4 is 10.8 Å². The van der Waals surface area contributed by atoms with E-state index in [1.54, 1.807) is 6.07 Å². The second-order valence-electron chi connectivity index (χ2n) is 6.98. The molecule has 0 aliphatic carbocycles. The fourth-order valence-electron chi connectivity index (χ4n) is 3.00. The molecular weight excluding hydrogens is 400 g/mol. The number of hydrogen-bond acceptors (Lipinski definition) is 0. The van der Waals surface area contributed by atoms with E-state index in [0.29, 0.717) is 11.1 Å². The van der Waals surface area contributed by atoms with Crippen LogP contribution in [0.15, 0.2) is 66.7 Å². The van der Waals surface area contributed by atoms with E-state index < -0.39 is 23.3 Å². The van der Waals surface area contributed by atoms with E-state index in [4.69, 9.17) is 0 Å². The quantitative estimate of drug-likeness (QED) is 0.175. The van der Waals surface area contributed by atoms with E-state index in [0.717, 1.165) is 17.2 Å². The van der Waals surface area contributed by atoms with Gasteiger partial charge in [0, 0.05) is 22.1 Å². The molecule has 4 aromatic carbocycles. The van der Waals surface area contributed by atoms with Crippen molar-refractivity contribution in [2.24, 2.45) is 0 Å². The molecule has 0 spiro atoms. The maximum atomic E-state index is 14.4. The molecule has 0 N–H and O–H groups in total. The molecule has 0 aliphatic heterocycles. The highest BCUT2D eigenvalue weighted by molar-refractivity contribution is 5.84. The van der Waals surface area contributed by atoms with E-state index in [1.165, 1.54) is 30.3 Å². The van der Waals surface area contributed by atoms with Crippen LogP contribution in [0.3, 0.4) is 0 Å². The number of aryl methyl sites for hydroxylation is 1. The minimum absolute atomic E-state index is 0.0489. The van der Waals surface area contributed by atoms with Gasteiger partial charge in [-0.15, -0.1) is 0 Å². The lowest BCUT2D eigenvalue weighted by Crippen LogP contribution is -1.92. The van der Waals surface area contributed by atoms with Crippen LogP contribution < -0.4 is 0 Å². The van der Waals surface area contributed by atoms with Gasteiger partial charge in [0.2, 0.25) is 0 Å². The first kappa shape index (κ1) is 20.3. The highest BCUT2D eigenvalue weighted by Crippen LogP contribution is 2.24. The Morgan fingerprint density at radius 3 is 1.90 bits per heavy atom. The number of benzene rings is 4. The molecule has 0 unspecified atom stereocenters. The molecule has 0 aromatic heterocycles. The number of halogens is 4. The standard InChI is InChI=1S/C27H14F4/c1-17-2-4-18(5-3-17)6-7-20-9-12-21(24(28)15-20)11-8-19-10-13-23-22(14-19)16-25(29)27(31)26(23)30/h2-5,9-10,12-16H,1H3. The van der Waals surface area contributed by atoms with Crippen molar-refractivity contribution < 1.29 is 17.6 Å². The van der Waals surface area contributed by atoms with E-state index in [1.807, 2.05) is 31.2 Å². The van der Waals surface area contributed by atoms with Crippen molar-refractivity contribution in [1.29, 1.82) is 0 Å². The van der Waals surface area contributed by atoms with E-state index in [2.05, 4.69) is 23.7 Å². The number of hydrogen-bond donors (Lipinski definition) is 0. The lowest BCUT2D eigenvalue weighted by Gasteiger charge is -2.02. The second-order valence-corrected chi connectivity index (χ2v) is 6.98. The average Bonchev–Trinajstić information content (AvgIpc) is 2.76. The largest absolute Gasteiger partial charge is 0.206 e. The Hall–Kier alpha value is -4.02. The van der Waals surface area contributed by atoms with Crippen molar-refractivity contribution in [3.05, 3.63) is 118 Å². The van der Waals surface area contributed by atoms with Crippen LogP contribution in [0.2, 0.25) is 0 Å². The molecule has 4 rings (SSSR count). The summed E-state index contributed by atoms with van der Waals surface area (Å²) in [6.07, 6.45) is 0. The summed E-state index contributed by atoms with van der Waals surface area (Å²) in [5, 5.41) is 0.123. The van der Waals surface area contributed by atoms with Crippen molar-refractivity contribution in [3.63, 3.8) is 0 Å². The highest BCUT2D eigenvalue weighted by Gasteiger charge is 2.13. The molecule has 4 aromatic rings. The summed E-state index contributed by atoms with van der Waals surface area (Å²) in [6, 6.07) is 17.3. The zero-order chi connectivity index (χ0) is 22.0. The summed E-state index contributed by atoms with van der Waals surface area (Å²) < 4.78 is 55.0. The predicted molar refractivity (Wildman–Crippen MR) is 113 cm³/mol. The van der Waals surface area contributed by atoms with Gasteiger partial charge >= 0.3 is 0 Å². The van der Waals surface area contributed by atoms with Gasteiger partial charge in [0.15, 0.2) is 17.5 Å². The third-order valence-electron chi connectivity index (χ3n) is 4.69. The maximum Gasteiger partial charge on any atom is 0.195 e. The molecule has 0 saturated carbocycles. The molecule has 4 heteroatoms. The first-order valence-corrected chi connectivity index (χ1v) is 9.38. The van der Waals surface area contributed by atoms with E-state index >= 15 is 0 Å². The first-order valence-electron chi connectivity index (χ1n) is 9.38. The molecule has 0 fully saturated rings. The van der Waals surface area contributed by atoms with Crippen LogP contribution in [-0.2, 0) is 0 Å². The molecule has 31 heavy (non-hydrogen) atoms. The zero-order valence-corrected chi connectivity index (χ0v) is 16.4.